The summed E-state index contributed by atoms with van der Waals surface area (Å²) in [6, 6.07) is 10.7. The summed E-state index contributed by atoms with van der Waals surface area (Å²) in [6.07, 6.45) is 1.07. The third-order valence-corrected chi connectivity index (χ3v) is 3.79. The predicted octanol–water partition coefficient (Wildman–Crippen LogP) is 3.93. The first-order valence-electron chi connectivity index (χ1n) is 6.24. The number of rotatable bonds is 5. The average molecular weight is 274 g/mol. The lowest BCUT2D eigenvalue weighted by Gasteiger charge is -2.06. The first-order valence-corrected chi connectivity index (χ1v) is 7.05. The Kier molecular flexibility index (Phi) is 4.67. The van der Waals surface area contributed by atoms with Gasteiger partial charge in [0.05, 0.1) is 0 Å². The van der Waals surface area contributed by atoms with E-state index >= 15 is 0 Å². The molecule has 0 saturated carbocycles. The van der Waals surface area contributed by atoms with E-state index in [2.05, 4.69) is 18.3 Å². The number of nitrogens with one attached hydrogen (secondary N) is 1. The molecule has 19 heavy (non-hydrogen) atoms. The van der Waals surface area contributed by atoms with E-state index in [1.165, 1.54) is 17.4 Å². The van der Waals surface area contributed by atoms with Crippen molar-refractivity contribution in [3.8, 4) is 16.5 Å². The minimum absolute atomic E-state index is 0.245. The maximum absolute atomic E-state index is 13.9. The highest BCUT2D eigenvalue weighted by Gasteiger charge is 2.09. The molecule has 0 fully saturated rings. The van der Waals surface area contributed by atoms with Gasteiger partial charge in [-0.05, 0) is 42.8 Å². The van der Waals surface area contributed by atoms with Crippen LogP contribution in [-0.4, -0.2) is 6.54 Å². The van der Waals surface area contributed by atoms with Crippen molar-refractivity contribution in [2.45, 2.75) is 19.9 Å². The van der Waals surface area contributed by atoms with Gasteiger partial charge in [0.25, 0.3) is 0 Å². The minimum atomic E-state index is -0.245. The Labute approximate surface area is 116 Å². The highest BCUT2D eigenvalue weighted by atomic mass is 32.1. The van der Waals surface area contributed by atoms with Crippen molar-refractivity contribution in [3.05, 3.63) is 46.6 Å². The van der Waals surface area contributed by atoms with Gasteiger partial charge in [0, 0.05) is 17.0 Å². The third-order valence-electron chi connectivity index (χ3n) is 2.77. The normalized spacial score (nSPS) is 10.4. The van der Waals surface area contributed by atoms with Gasteiger partial charge in [-0.25, -0.2) is 4.39 Å². The summed E-state index contributed by atoms with van der Waals surface area (Å²) < 4.78 is 13.9. The monoisotopic (exact) mass is 274 g/mol. The standard InChI is InChI=1S/C15H15FN2S/c1-2-7-18-10-11-3-5-14(16)13(8-11)15-6-4-12(9-17)19-15/h3-6,8,18H,2,7,10H2,1H3. The van der Waals surface area contributed by atoms with Crippen LogP contribution in [0.1, 0.15) is 23.8 Å². The van der Waals surface area contributed by atoms with E-state index in [0.717, 1.165) is 30.0 Å². The molecule has 0 radical (unpaired) electrons. The lowest BCUT2D eigenvalue weighted by molar-refractivity contribution is 0.628. The summed E-state index contributed by atoms with van der Waals surface area (Å²) in [6.45, 7) is 3.79. The van der Waals surface area contributed by atoms with Gasteiger partial charge in [0.1, 0.15) is 16.8 Å². The van der Waals surface area contributed by atoms with Gasteiger partial charge in [0.15, 0.2) is 0 Å². The Morgan fingerprint density at radius 2 is 2.16 bits per heavy atom. The second-order valence-corrected chi connectivity index (χ2v) is 5.35. The largest absolute Gasteiger partial charge is 0.313 e. The smallest absolute Gasteiger partial charge is 0.131 e. The molecule has 0 amide bonds. The maximum Gasteiger partial charge on any atom is 0.131 e. The molecule has 0 aliphatic heterocycles. The molecule has 2 rings (SSSR count). The molecule has 0 atom stereocenters. The molecule has 1 aromatic heterocycles. The number of thiophene rings is 1. The molecular weight excluding hydrogens is 259 g/mol. The molecular formula is C15H15FN2S. The molecule has 1 heterocycles. The van der Waals surface area contributed by atoms with Crippen molar-refractivity contribution in [2.24, 2.45) is 0 Å². The Balaban J connectivity index is 2.24. The van der Waals surface area contributed by atoms with E-state index in [1.54, 1.807) is 18.2 Å². The lowest BCUT2D eigenvalue weighted by Crippen LogP contribution is -2.13. The Bertz CT molecular complexity index is 598. The zero-order valence-corrected chi connectivity index (χ0v) is 11.6. The predicted molar refractivity (Wildman–Crippen MR) is 76.4 cm³/mol. The van der Waals surface area contributed by atoms with Crippen molar-refractivity contribution in [2.75, 3.05) is 6.54 Å². The first-order chi connectivity index (χ1) is 9.24. The number of hydrogen-bond acceptors (Lipinski definition) is 3. The molecule has 0 unspecified atom stereocenters. The summed E-state index contributed by atoms with van der Waals surface area (Å²) in [7, 11) is 0. The summed E-state index contributed by atoms with van der Waals surface area (Å²) in [5.74, 6) is -0.245. The quantitative estimate of drug-likeness (QED) is 0.839. The number of nitrogens with zero attached hydrogens (tertiary/aromatic N) is 1. The molecule has 0 spiro atoms. The molecule has 4 heteroatoms. The van der Waals surface area contributed by atoms with Crippen LogP contribution in [0.15, 0.2) is 30.3 Å². The summed E-state index contributed by atoms with van der Waals surface area (Å²) in [5.41, 5.74) is 1.62. The van der Waals surface area contributed by atoms with E-state index < -0.39 is 0 Å². The van der Waals surface area contributed by atoms with Gasteiger partial charge >= 0.3 is 0 Å². The number of hydrogen-bond donors (Lipinski definition) is 1. The second kappa shape index (κ2) is 6.46. The van der Waals surface area contributed by atoms with E-state index in [-0.39, 0.29) is 5.82 Å². The van der Waals surface area contributed by atoms with Crippen LogP contribution in [0.4, 0.5) is 4.39 Å². The Morgan fingerprint density at radius 3 is 2.84 bits per heavy atom. The van der Waals surface area contributed by atoms with Gasteiger partial charge in [-0.2, -0.15) is 5.26 Å². The van der Waals surface area contributed by atoms with E-state index in [1.807, 2.05) is 6.07 Å². The van der Waals surface area contributed by atoms with Crippen LogP contribution >= 0.6 is 11.3 Å². The highest BCUT2D eigenvalue weighted by Crippen LogP contribution is 2.30. The zero-order chi connectivity index (χ0) is 13.7. The Morgan fingerprint density at radius 1 is 1.32 bits per heavy atom. The van der Waals surface area contributed by atoms with Gasteiger partial charge in [0.2, 0.25) is 0 Å². The van der Waals surface area contributed by atoms with Crippen molar-refractivity contribution in [1.82, 2.24) is 5.32 Å². The molecule has 98 valence electrons. The molecule has 0 bridgehead atoms. The SMILES string of the molecule is CCCNCc1ccc(F)c(-c2ccc(C#N)s2)c1. The number of nitriles is 1. The fourth-order valence-electron chi connectivity index (χ4n) is 1.82. The van der Waals surface area contributed by atoms with Crippen LogP contribution in [0, 0.1) is 17.1 Å². The number of halogens is 1. The van der Waals surface area contributed by atoms with Crippen molar-refractivity contribution < 1.29 is 4.39 Å². The lowest BCUT2D eigenvalue weighted by atomic mass is 10.1. The van der Waals surface area contributed by atoms with Crippen LogP contribution in [0.25, 0.3) is 10.4 Å². The molecule has 0 saturated heterocycles. The van der Waals surface area contributed by atoms with E-state index in [9.17, 15) is 4.39 Å². The fraction of sp³-hybridized carbons (Fsp3) is 0.267. The molecule has 0 aliphatic carbocycles. The van der Waals surface area contributed by atoms with Crippen molar-refractivity contribution >= 4 is 11.3 Å². The fourth-order valence-corrected chi connectivity index (χ4v) is 2.64. The molecule has 0 aliphatic rings. The van der Waals surface area contributed by atoms with Gasteiger partial charge in [-0.15, -0.1) is 11.3 Å². The van der Waals surface area contributed by atoms with Crippen LogP contribution in [-0.2, 0) is 6.54 Å². The first kappa shape index (κ1) is 13.7. The van der Waals surface area contributed by atoms with Gasteiger partial charge in [-0.1, -0.05) is 13.0 Å². The highest BCUT2D eigenvalue weighted by molar-refractivity contribution is 7.16. The molecule has 1 aromatic carbocycles. The zero-order valence-electron chi connectivity index (χ0n) is 10.7. The summed E-state index contributed by atoms with van der Waals surface area (Å²) in [5, 5.41) is 12.1. The molecule has 1 N–H and O–H groups in total. The summed E-state index contributed by atoms with van der Waals surface area (Å²) >= 11 is 1.32. The minimum Gasteiger partial charge on any atom is -0.313 e. The maximum atomic E-state index is 13.9. The van der Waals surface area contributed by atoms with Crippen LogP contribution < -0.4 is 5.32 Å². The molecule has 2 aromatic rings. The van der Waals surface area contributed by atoms with Gasteiger partial charge in [-0.3, -0.25) is 0 Å². The molecule has 2 nitrogen and oxygen atoms in total. The number of benzene rings is 1. The van der Waals surface area contributed by atoms with Crippen LogP contribution in [0.5, 0.6) is 0 Å². The van der Waals surface area contributed by atoms with Crippen LogP contribution in [0.3, 0.4) is 0 Å². The summed E-state index contributed by atoms with van der Waals surface area (Å²) in [4.78, 5) is 1.40. The van der Waals surface area contributed by atoms with Crippen molar-refractivity contribution in [3.63, 3.8) is 0 Å². The van der Waals surface area contributed by atoms with Crippen LogP contribution in [0.2, 0.25) is 0 Å². The van der Waals surface area contributed by atoms with E-state index in [4.69, 9.17) is 5.26 Å². The average Bonchev–Trinajstić information content (AvgIpc) is 2.89. The third kappa shape index (κ3) is 3.40. The Hall–Kier alpha value is -1.70. The van der Waals surface area contributed by atoms with Crippen molar-refractivity contribution in [1.29, 1.82) is 5.26 Å². The second-order valence-electron chi connectivity index (χ2n) is 4.27. The topological polar surface area (TPSA) is 35.8 Å². The van der Waals surface area contributed by atoms with Gasteiger partial charge < -0.3 is 5.32 Å². The van der Waals surface area contributed by atoms with E-state index in [0.29, 0.717) is 10.4 Å².